The van der Waals surface area contributed by atoms with Crippen LogP contribution in [-0.4, -0.2) is 36.6 Å². The Balaban J connectivity index is 1.97. The molecular formula is C13H26N2. The van der Waals surface area contributed by atoms with Crippen molar-refractivity contribution in [3.63, 3.8) is 0 Å². The quantitative estimate of drug-likeness (QED) is 0.751. The monoisotopic (exact) mass is 210 g/mol. The van der Waals surface area contributed by atoms with Gasteiger partial charge in [-0.15, -0.1) is 0 Å². The van der Waals surface area contributed by atoms with Crippen LogP contribution in [0.3, 0.4) is 0 Å². The number of hydrogen-bond donors (Lipinski definition) is 1. The lowest BCUT2D eigenvalue weighted by atomic mass is 9.83. The maximum absolute atomic E-state index is 3.76. The van der Waals surface area contributed by atoms with E-state index < -0.39 is 0 Å². The minimum Gasteiger partial charge on any atom is -0.311 e. The molecule has 2 atom stereocenters. The van der Waals surface area contributed by atoms with Gasteiger partial charge in [0.2, 0.25) is 0 Å². The Labute approximate surface area is 94.4 Å². The van der Waals surface area contributed by atoms with Gasteiger partial charge in [0.15, 0.2) is 0 Å². The van der Waals surface area contributed by atoms with Crippen molar-refractivity contribution in [2.45, 2.75) is 52.6 Å². The lowest BCUT2D eigenvalue weighted by Crippen LogP contribution is -2.60. The summed E-state index contributed by atoms with van der Waals surface area (Å²) in [6.07, 6.45) is 2.91. The number of nitrogens with one attached hydrogen (secondary N) is 1. The molecule has 2 heteroatoms. The maximum atomic E-state index is 3.76. The van der Waals surface area contributed by atoms with Crippen LogP contribution in [0.25, 0.3) is 0 Å². The molecule has 1 heterocycles. The van der Waals surface area contributed by atoms with Crippen molar-refractivity contribution in [3.8, 4) is 0 Å². The number of likely N-dealkylation sites (N-methyl/N-ethyl adjacent to an activating group) is 1. The van der Waals surface area contributed by atoms with E-state index in [1.807, 2.05) is 0 Å². The van der Waals surface area contributed by atoms with Crippen LogP contribution in [0.5, 0.6) is 0 Å². The van der Waals surface area contributed by atoms with E-state index in [1.54, 1.807) is 0 Å². The molecule has 2 fully saturated rings. The minimum atomic E-state index is 0.400. The predicted octanol–water partition coefficient (Wildman–Crippen LogP) is 2.10. The summed E-state index contributed by atoms with van der Waals surface area (Å²) in [4.78, 5) is 2.68. The Kier molecular flexibility index (Phi) is 3.09. The van der Waals surface area contributed by atoms with E-state index in [-0.39, 0.29) is 0 Å². The third kappa shape index (κ3) is 2.54. The Morgan fingerprint density at radius 1 is 1.27 bits per heavy atom. The van der Waals surface area contributed by atoms with Crippen molar-refractivity contribution in [1.82, 2.24) is 10.2 Å². The van der Waals surface area contributed by atoms with Gasteiger partial charge in [0, 0.05) is 25.2 Å². The minimum absolute atomic E-state index is 0.400. The molecule has 0 aromatic heterocycles. The molecule has 0 aromatic carbocycles. The molecule has 1 saturated carbocycles. The first-order valence-electron chi connectivity index (χ1n) is 6.49. The van der Waals surface area contributed by atoms with Crippen LogP contribution in [0.4, 0.5) is 0 Å². The highest BCUT2D eigenvalue weighted by atomic mass is 15.2. The summed E-state index contributed by atoms with van der Waals surface area (Å²) in [6.45, 7) is 13.0. The lowest BCUT2D eigenvalue weighted by molar-refractivity contribution is 0.0559. The second-order valence-electron chi connectivity index (χ2n) is 6.32. The number of rotatable bonds is 2. The first-order valence-corrected chi connectivity index (χ1v) is 6.49. The Hall–Kier alpha value is -0.0800. The number of piperazine rings is 1. The third-order valence-corrected chi connectivity index (χ3v) is 4.04. The van der Waals surface area contributed by atoms with Crippen LogP contribution in [0.15, 0.2) is 0 Å². The first-order chi connectivity index (χ1) is 7.02. The van der Waals surface area contributed by atoms with Crippen LogP contribution < -0.4 is 5.32 Å². The molecule has 0 spiro atoms. The number of hydrogen-bond acceptors (Lipinski definition) is 2. The predicted molar refractivity (Wildman–Crippen MR) is 65.0 cm³/mol. The molecule has 15 heavy (non-hydrogen) atoms. The van der Waals surface area contributed by atoms with E-state index in [0.717, 1.165) is 12.0 Å². The SMILES string of the molecule is CCN1CC(C2CC2)NCC1C(C)(C)C. The topological polar surface area (TPSA) is 15.3 Å². The van der Waals surface area contributed by atoms with Gasteiger partial charge in [0.05, 0.1) is 0 Å². The zero-order valence-electron chi connectivity index (χ0n) is 10.7. The van der Waals surface area contributed by atoms with Crippen molar-refractivity contribution >= 4 is 0 Å². The Bertz CT molecular complexity index is 215. The highest BCUT2D eigenvalue weighted by Crippen LogP contribution is 2.36. The molecule has 0 aromatic rings. The average Bonchev–Trinajstić information content (AvgIpc) is 2.98. The molecule has 1 aliphatic heterocycles. The molecule has 2 rings (SSSR count). The van der Waals surface area contributed by atoms with Crippen molar-refractivity contribution in [1.29, 1.82) is 0 Å². The molecule has 2 nitrogen and oxygen atoms in total. The standard InChI is InChI=1S/C13H26N2/c1-5-15-9-11(10-6-7-10)14-8-12(15)13(2,3)4/h10-12,14H,5-9H2,1-4H3. The highest BCUT2D eigenvalue weighted by Gasteiger charge is 2.39. The van der Waals surface area contributed by atoms with Crippen LogP contribution in [0.2, 0.25) is 0 Å². The van der Waals surface area contributed by atoms with Crippen molar-refractivity contribution in [2.75, 3.05) is 19.6 Å². The van der Waals surface area contributed by atoms with Crippen molar-refractivity contribution in [3.05, 3.63) is 0 Å². The Morgan fingerprint density at radius 2 is 1.93 bits per heavy atom. The molecular weight excluding hydrogens is 184 g/mol. The van der Waals surface area contributed by atoms with Gasteiger partial charge in [0.25, 0.3) is 0 Å². The van der Waals surface area contributed by atoms with Crippen LogP contribution >= 0.6 is 0 Å². The fraction of sp³-hybridized carbons (Fsp3) is 1.00. The fourth-order valence-corrected chi connectivity index (χ4v) is 2.85. The van der Waals surface area contributed by atoms with Crippen LogP contribution in [0.1, 0.15) is 40.5 Å². The summed E-state index contributed by atoms with van der Waals surface area (Å²) in [7, 11) is 0. The summed E-state index contributed by atoms with van der Waals surface area (Å²) >= 11 is 0. The summed E-state index contributed by atoms with van der Waals surface area (Å²) < 4.78 is 0. The van der Waals surface area contributed by atoms with Gasteiger partial charge in [-0.05, 0) is 30.7 Å². The van der Waals surface area contributed by atoms with Crippen molar-refractivity contribution < 1.29 is 0 Å². The summed E-state index contributed by atoms with van der Waals surface area (Å²) in [5.41, 5.74) is 0.400. The molecule has 2 unspecified atom stereocenters. The second kappa shape index (κ2) is 4.06. The highest BCUT2D eigenvalue weighted by molar-refractivity contribution is 4.97. The zero-order valence-corrected chi connectivity index (χ0v) is 10.7. The average molecular weight is 210 g/mol. The van der Waals surface area contributed by atoms with Crippen LogP contribution in [-0.2, 0) is 0 Å². The zero-order chi connectivity index (χ0) is 11.1. The van der Waals surface area contributed by atoms with Gasteiger partial charge in [-0.2, -0.15) is 0 Å². The molecule has 0 amide bonds. The van der Waals surface area contributed by atoms with E-state index in [2.05, 4.69) is 37.9 Å². The molecule has 1 N–H and O–H groups in total. The fourth-order valence-electron chi connectivity index (χ4n) is 2.85. The van der Waals surface area contributed by atoms with E-state index in [9.17, 15) is 0 Å². The summed E-state index contributed by atoms with van der Waals surface area (Å²) in [5.74, 6) is 0.986. The van der Waals surface area contributed by atoms with Gasteiger partial charge in [0.1, 0.15) is 0 Å². The van der Waals surface area contributed by atoms with Crippen molar-refractivity contribution in [2.24, 2.45) is 11.3 Å². The molecule has 88 valence electrons. The van der Waals surface area contributed by atoms with E-state index in [4.69, 9.17) is 0 Å². The van der Waals surface area contributed by atoms with Gasteiger partial charge in [-0.1, -0.05) is 27.7 Å². The smallest absolute Gasteiger partial charge is 0.0269 e. The molecule has 1 aliphatic carbocycles. The van der Waals surface area contributed by atoms with Gasteiger partial charge >= 0.3 is 0 Å². The molecule has 2 aliphatic rings. The maximum Gasteiger partial charge on any atom is 0.0269 e. The summed E-state index contributed by atoms with van der Waals surface area (Å²) in [6, 6.07) is 1.49. The van der Waals surface area contributed by atoms with E-state index in [0.29, 0.717) is 11.5 Å². The molecule has 0 radical (unpaired) electrons. The molecule has 1 saturated heterocycles. The number of nitrogens with zero attached hydrogens (tertiary/aromatic N) is 1. The summed E-state index contributed by atoms with van der Waals surface area (Å²) in [5, 5.41) is 3.76. The Morgan fingerprint density at radius 3 is 2.40 bits per heavy atom. The molecule has 0 bridgehead atoms. The first kappa shape index (κ1) is 11.4. The van der Waals surface area contributed by atoms with E-state index >= 15 is 0 Å². The van der Waals surface area contributed by atoms with E-state index in [1.165, 1.54) is 32.5 Å². The second-order valence-corrected chi connectivity index (χ2v) is 6.32. The van der Waals surface area contributed by atoms with Gasteiger partial charge < -0.3 is 5.32 Å². The normalized spacial score (nSPS) is 34.4. The van der Waals surface area contributed by atoms with Gasteiger partial charge in [-0.25, -0.2) is 0 Å². The van der Waals surface area contributed by atoms with Gasteiger partial charge in [-0.3, -0.25) is 4.90 Å². The lowest BCUT2D eigenvalue weighted by Gasteiger charge is -2.46. The third-order valence-electron chi connectivity index (χ3n) is 4.04. The largest absolute Gasteiger partial charge is 0.311 e. The van der Waals surface area contributed by atoms with Crippen LogP contribution in [0, 0.1) is 11.3 Å².